The highest BCUT2D eigenvalue weighted by Crippen LogP contribution is 2.26. The average Bonchev–Trinajstić information content (AvgIpc) is 3.31. The molecule has 1 N–H and O–H groups in total. The Morgan fingerprint density at radius 3 is 2.52 bits per heavy atom. The van der Waals surface area contributed by atoms with Gasteiger partial charge in [0, 0.05) is 42.5 Å². The minimum absolute atomic E-state index is 0.254. The predicted molar refractivity (Wildman–Crippen MR) is 119 cm³/mol. The molecule has 0 saturated carbocycles. The van der Waals surface area contributed by atoms with Crippen LogP contribution in [0.5, 0.6) is 0 Å². The number of nitrogens with zero attached hydrogens (tertiary/aromatic N) is 2. The SMILES string of the molecule is COCCCN1C(=O)c2ccc(C(=O)Nc3ccc(-c4csc(C)n4)cc3)cc2C1=O. The van der Waals surface area contributed by atoms with E-state index < -0.39 is 0 Å². The Morgan fingerprint density at radius 1 is 1.10 bits per heavy atom. The van der Waals surface area contributed by atoms with Crippen LogP contribution in [0.2, 0.25) is 0 Å². The Bertz CT molecular complexity index is 1150. The number of imide groups is 1. The molecule has 7 nitrogen and oxygen atoms in total. The minimum Gasteiger partial charge on any atom is -0.385 e. The van der Waals surface area contributed by atoms with Crippen molar-refractivity contribution < 1.29 is 19.1 Å². The molecule has 0 unspecified atom stereocenters. The third-order valence-corrected chi connectivity index (χ3v) is 5.79. The number of rotatable bonds is 7. The molecule has 0 atom stereocenters. The quantitative estimate of drug-likeness (QED) is 0.448. The van der Waals surface area contributed by atoms with Gasteiger partial charge in [-0.15, -0.1) is 11.3 Å². The molecule has 3 aromatic rings. The van der Waals surface area contributed by atoms with Gasteiger partial charge in [0.05, 0.1) is 21.8 Å². The van der Waals surface area contributed by atoms with Crippen molar-refractivity contribution in [1.82, 2.24) is 9.88 Å². The van der Waals surface area contributed by atoms with Crippen molar-refractivity contribution >= 4 is 34.7 Å². The zero-order valence-corrected chi connectivity index (χ0v) is 18.0. The monoisotopic (exact) mass is 435 g/mol. The van der Waals surface area contributed by atoms with Gasteiger partial charge in [0.2, 0.25) is 0 Å². The van der Waals surface area contributed by atoms with E-state index in [1.807, 2.05) is 36.6 Å². The Labute approximate surface area is 183 Å². The molecular formula is C23H21N3O4S. The van der Waals surface area contributed by atoms with Crippen molar-refractivity contribution in [1.29, 1.82) is 0 Å². The molecule has 31 heavy (non-hydrogen) atoms. The van der Waals surface area contributed by atoms with Crippen LogP contribution in [-0.2, 0) is 4.74 Å². The number of nitrogens with one attached hydrogen (secondary N) is 1. The number of benzene rings is 2. The van der Waals surface area contributed by atoms with Crippen LogP contribution in [0.4, 0.5) is 5.69 Å². The van der Waals surface area contributed by atoms with E-state index in [1.165, 1.54) is 17.0 Å². The molecule has 0 aliphatic carbocycles. The number of carbonyl (C=O) groups is 3. The highest BCUT2D eigenvalue weighted by atomic mass is 32.1. The molecule has 0 radical (unpaired) electrons. The van der Waals surface area contributed by atoms with Gasteiger partial charge in [0.25, 0.3) is 17.7 Å². The van der Waals surface area contributed by atoms with Gasteiger partial charge >= 0.3 is 0 Å². The Hall–Kier alpha value is -3.36. The standard InChI is InChI=1S/C23H21N3O4S/c1-14-24-20(13-31-14)15-4-7-17(8-5-15)25-21(27)16-6-9-18-19(12-16)23(29)26(22(18)28)10-3-11-30-2/h4-9,12-13H,3,10-11H2,1-2H3,(H,25,27). The number of methoxy groups -OCH3 is 1. The maximum Gasteiger partial charge on any atom is 0.261 e. The fourth-order valence-electron chi connectivity index (χ4n) is 3.43. The van der Waals surface area contributed by atoms with Gasteiger partial charge < -0.3 is 10.1 Å². The lowest BCUT2D eigenvalue weighted by Crippen LogP contribution is -2.31. The van der Waals surface area contributed by atoms with Crippen LogP contribution >= 0.6 is 11.3 Å². The van der Waals surface area contributed by atoms with Crippen molar-refractivity contribution in [3.63, 3.8) is 0 Å². The number of amides is 3. The molecule has 8 heteroatoms. The second-order valence-corrected chi connectivity index (χ2v) is 8.21. The maximum absolute atomic E-state index is 12.7. The lowest BCUT2D eigenvalue weighted by Gasteiger charge is -2.12. The van der Waals surface area contributed by atoms with Crippen molar-refractivity contribution in [2.45, 2.75) is 13.3 Å². The highest BCUT2D eigenvalue weighted by Gasteiger charge is 2.35. The summed E-state index contributed by atoms with van der Waals surface area (Å²) in [5.74, 6) is -1.07. The third-order valence-electron chi connectivity index (χ3n) is 5.02. The van der Waals surface area contributed by atoms with Gasteiger partial charge in [-0.05, 0) is 43.7 Å². The van der Waals surface area contributed by atoms with E-state index in [2.05, 4.69) is 10.3 Å². The summed E-state index contributed by atoms with van der Waals surface area (Å²) in [5.41, 5.74) is 3.39. The number of carbonyl (C=O) groups excluding carboxylic acids is 3. The second kappa shape index (κ2) is 8.79. The molecule has 158 valence electrons. The summed E-state index contributed by atoms with van der Waals surface area (Å²) < 4.78 is 4.98. The van der Waals surface area contributed by atoms with E-state index in [9.17, 15) is 14.4 Å². The number of ether oxygens (including phenoxy) is 1. The van der Waals surface area contributed by atoms with Gasteiger partial charge in [0.15, 0.2) is 0 Å². The summed E-state index contributed by atoms with van der Waals surface area (Å²) in [4.78, 5) is 43.5. The highest BCUT2D eigenvalue weighted by molar-refractivity contribution is 7.09. The largest absolute Gasteiger partial charge is 0.385 e. The van der Waals surface area contributed by atoms with Gasteiger partial charge in [-0.25, -0.2) is 4.98 Å². The normalized spacial score (nSPS) is 12.9. The average molecular weight is 436 g/mol. The minimum atomic E-state index is -0.381. The summed E-state index contributed by atoms with van der Waals surface area (Å²) >= 11 is 1.58. The molecule has 1 aliphatic rings. The van der Waals surface area contributed by atoms with Crippen LogP contribution in [0.25, 0.3) is 11.3 Å². The second-order valence-electron chi connectivity index (χ2n) is 7.15. The van der Waals surface area contributed by atoms with Crippen LogP contribution < -0.4 is 5.32 Å². The molecule has 2 aromatic carbocycles. The van der Waals surface area contributed by atoms with Crippen LogP contribution in [0.15, 0.2) is 47.8 Å². The summed E-state index contributed by atoms with van der Waals surface area (Å²) in [6, 6.07) is 12.0. The summed E-state index contributed by atoms with van der Waals surface area (Å²) in [6.07, 6.45) is 0.561. The zero-order valence-electron chi connectivity index (χ0n) is 17.2. The first-order valence-corrected chi connectivity index (χ1v) is 10.7. The fraction of sp³-hybridized carbons (Fsp3) is 0.217. The zero-order chi connectivity index (χ0) is 22.0. The number of thiazole rings is 1. The molecule has 1 aliphatic heterocycles. The van der Waals surface area contributed by atoms with Gasteiger partial charge in [-0.1, -0.05) is 12.1 Å². The summed E-state index contributed by atoms with van der Waals surface area (Å²) in [5, 5.41) is 5.81. The van der Waals surface area contributed by atoms with Crippen LogP contribution in [0.3, 0.4) is 0 Å². The molecule has 3 amide bonds. The summed E-state index contributed by atoms with van der Waals surface area (Å²) in [7, 11) is 1.57. The van der Waals surface area contributed by atoms with Crippen LogP contribution in [0.1, 0.15) is 42.5 Å². The number of aryl methyl sites for hydroxylation is 1. The first-order chi connectivity index (χ1) is 15.0. The predicted octanol–water partition coefficient (Wildman–Crippen LogP) is 4.00. The number of fused-ring (bicyclic) bond motifs is 1. The Morgan fingerprint density at radius 2 is 1.84 bits per heavy atom. The maximum atomic E-state index is 12.7. The number of hydrogen-bond donors (Lipinski definition) is 1. The van der Waals surface area contributed by atoms with Gasteiger partial charge in [-0.2, -0.15) is 0 Å². The smallest absolute Gasteiger partial charge is 0.261 e. The Kier molecular flexibility index (Phi) is 5.92. The van der Waals surface area contributed by atoms with E-state index in [0.29, 0.717) is 29.8 Å². The van der Waals surface area contributed by atoms with Gasteiger partial charge in [-0.3, -0.25) is 19.3 Å². The lowest BCUT2D eigenvalue weighted by atomic mass is 10.1. The molecule has 0 bridgehead atoms. The number of aromatic nitrogens is 1. The van der Waals surface area contributed by atoms with Crippen molar-refractivity contribution in [2.75, 3.05) is 25.6 Å². The molecule has 2 heterocycles. The van der Waals surface area contributed by atoms with E-state index in [1.54, 1.807) is 24.5 Å². The number of anilines is 1. The van der Waals surface area contributed by atoms with Crippen molar-refractivity contribution in [2.24, 2.45) is 0 Å². The molecule has 0 saturated heterocycles. The molecular weight excluding hydrogens is 414 g/mol. The molecule has 1 aromatic heterocycles. The Balaban J connectivity index is 1.47. The van der Waals surface area contributed by atoms with Gasteiger partial charge in [0.1, 0.15) is 0 Å². The first kappa shape index (κ1) is 20.9. The topological polar surface area (TPSA) is 88.6 Å². The first-order valence-electron chi connectivity index (χ1n) is 9.81. The number of hydrogen-bond acceptors (Lipinski definition) is 6. The van der Waals surface area contributed by atoms with E-state index in [-0.39, 0.29) is 29.8 Å². The van der Waals surface area contributed by atoms with Crippen molar-refractivity contribution in [3.8, 4) is 11.3 Å². The molecule has 0 fully saturated rings. The van der Waals surface area contributed by atoms with Crippen LogP contribution in [-0.4, -0.2) is 47.9 Å². The third kappa shape index (κ3) is 4.26. The van der Waals surface area contributed by atoms with E-state index in [4.69, 9.17) is 4.74 Å². The van der Waals surface area contributed by atoms with E-state index >= 15 is 0 Å². The van der Waals surface area contributed by atoms with Crippen LogP contribution in [0, 0.1) is 6.92 Å². The van der Waals surface area contributed by atoms with Crippen molar-refractivity contribution in [3.05, 3.63) is 69.5 Å². The fourth-order valence-corrected chi connectivity index (χ4v) is 4.05. The summed E-state index contributed by atoms with van der Waals surface area (Å²) in [6.45, 7) is 2.70. The lowest BCUT2D eigenvalue weighted by molar-refractivity contribution is 0.0638. The molecule has 4 rings (SSSR count). The van der Waals surface area contributed by atoms with E-state index in [0.717, 1.165) is 16.3 Å². The molecule has 0 spiro atoms.